The van der Waals surface area contributed by atoms with Crippen LogP contribution in [0, 0.1) is 12.8 Å². The van der Waals surface area contributed by atoms with Gasteiger partial charge in [-0.05, 0) is 51.3 Å². The Hall–Kier alpha value is -0.260. The molecule has 5 heteroatoms. The van der Waals surface area contributed by atoms with Crippen molar-refractivity contribution in [2.24, 2.45) is 5.92 Å². The molecule has 3 nitrogen and oxygen atoms in total. The van der Waals surface area contributed by atoms with Gasteiger partial charge in [0.2, 0.25) is 0 Å². The summed E-state index contributed by atoms with van der Waals surface area (Å²) in [6.45, 7) is 3.28. The maximum atomic E-state index is 4.93. The van der Waals surface area contributed by atoms with Crippen LogP contribution in [0.2, 0.25) is 0 Å². The number of hydrogen-bond donors (Lipinski definition) is 1. The smallest absolute Gasteiger partial charge is 0.142 e. The molecule has 2 heterocycles. The highest BCUT2D eigenvalue weighted by atomic mass is 32.2. The summed E-state index contributed by atoms with van der Waals surface area (Å²) in [5.74, 6) is 5.52. The van der Waals surface area contributed by atoms with Crippen LogP contribution in [-0.2, 0) is 12.8 Å². The third-order valence-corrected chi connectivity index (χ3v) is 6.95. The van der Waals surface area contributed by atoms with Crippen LogP contribution < -0.4 is 5.32 Å². The Morgan fingerprint density at radius 1 is 1.30 bits per heavy atom. The minimum Gasteiger partial charge on any atom is -0.319 e. The minimum atomic E-state index is 0.507. The molecule has 1 fully saturated rings. The second-order valence-corrected chi connectivity index (χ2v) is 8.15. The second kappa shape index (κ2) is 6.67. The van der Waals surface area contributed by atoms with Gasteiger partial charge in [-0.15, -0.1) is 11.8 Å². The molecule has 1 aliphatic carbocycles. The number of hydrogen-bond acceptors (Lipinski definition) is 5. The molecule has 1 aliphatic heterocycles. The number of nitrogens with zero attached hydrogens (tertiary/aromatic N) is 2. The van der Waals surface area contributed by atoms with Crippen LogP contribution in [-0.4, -0.2) is 40.8 Å². The van der Waals surface area contributed by atoms with E-state index in [0.717, 1.165) is 31.1 Å². The van der Waals surface area contributed by atoms with Gasteiger partial charge in [0.05, 0.1) is 5.25 Å². The van der Waals surface area contributed by atoms with Crippen LogP contribution in [0.5, 0.6) is 0 Å². The molecule has 1 aromatic heterocycles. The number of fused-ring (bicyclic) bond motifs is 1. The van der Waals surface area contributed by atoms with Gasteiger partial charge in [0.15, 0.2) is 0 Å². The van der Waals surface area contributed by atoms with E-state index in [4.69, 9.17) is 9.97 Å². The summed E-state index contributed by atoms with van der Waals surface area (Å²) in [6.07, 6.45) is 3.54. The molecular formula is C15H23N3S2. The van der Waals surface area contributed by atoms with Crippen LogP contribution >= 0.6 is 23.5 Å². The van der Waals surface area contributed by atoms with E-state index in [2.05, 4.69) is 12.2 Å². The van der Waals surface area contributed by atoms with Crippen molar-refractivity contribution in [3.63, 3.8) is 0 Å². The van der Waals surface area contributed by atoms with E-state index >= 15 is 0 Å². The SMILES string of the molecule is CNCC1CCc2nc(C3CSCCS3)nc(C)c2C1. The first-order valence-electron chi connectivity index (χ1n) is 7.48. The summed E-state index contributed by atoms with van der Waals surface area (Å²) in [7, 11) is 2.04. The molecule has 0 amide bonds. The molecule has 1 N–H and O–H groups in total. The maximum absolute atomic E-state index is 4.93. The summed E-state index contributed by atoms with van der Waals surface area (Å²) < 4.78 is 0. The minimum absolute atomic E-state index is 0.507. The predicted octanol–water partition coefficient (Wildman–Crippen LogP) is 2.63. The van der Waals surface area contributed by atoms with Gasteiger partial charge in [-0.2, -0.15) is 11.8 Å². The maximum Gasteiger partial charge on any atom is 0.142 e. The molecule has 0 spiro atoms. The molecule has 2 aliphatic rings. The molecule has 0 radical (unpaired) electrons. The first kappa shape index (κ1) is 14.7. The first-order chi connectivity index (χ1) is 9.78. The van der Waals surface area contributed by atoms with Gasteiger partial charge in [-0.25, -0.2) is 9.97 Å². The standard InChI is InChI=1S/C15H23N3S2/c1-10-12-7-11(8-16-2)3-4-13(12)18-15(17-10)14-9-19-5-6-20-14/h11,14,16H,3-9H2,1-2H3. The third kappa shape index (κ3) is 3.15. The van der Waals surface area contributed by atoms with E-state index in [9.17, 15) is 0 Å². The molecule has 1 saturated heterocycles. The van der Waals surface area contributed by atoms with Crippen molar-refractivity contribution in [1.29, 1.82) is 0 Å². The third-order valence-electron chi connectivity index (χ3n) is 4.20. The second-order valence-electron chi connectivity index (χ2n) is 5.69. The van der Waals surface area contributed by atoms with E-state index in [0.29, 0.717) is 5.25 Å². The van der Waals surface area contributed by atoms with E-state index in [-0.39, 0.29) is 0 Å². The van der Waals surface area contributed by atoms with Crippen molar-refractivity contribution in [2.45, 2.75) is 31.4 Å². The van der Waals surface area contributed by atoms with Crippen molar-refractivity contribution >= 4 is 23.5 Å². The zero-order chi connectivity index (χ0) is 13.9. The van der Waals surface area contributed by atoms with Gasteiger partial charge < -0.3 is 5.32 Å². The molecule has 110 valence electrons. The number of thioether (sulfide) groups is 2. The van der Waals surface area contributed by atoms with Crippen molar-refractivity contribution in [2.75, 3.05) is 30.9 Å². The zero-order valence-electron chi connectivity index (χ0n) is 12.3. The van der Waals surface area contributed by atoms with E-state index in [1.165, 1.54) is 40.6 Å². The van der Waals surface area contributed by atoms with Gasteiger partial charge in [0, 0.05) is 28.6 Å². The Bertz CT molecular complexity index is 472. The fourth-order valence-electron chi connectivity index (χ4n) is 3.13. The molecule has 3 rings (SSSR count). The summed E-state index contributed by atoms with van der Waals surface area (Å²) in [4.78, 5) is 9.77. The Morgan fingerprint density at radius 2 is 2.20 bits per heavy atom. The van der Waals surface area contributed by atoms with E-state index in [1.54, 1.807) is 0 Å². The van der Waals surface area contributed by atoms with Gasteiger partial charge in [-0.1, -0.05) is 0 Å². The monoisotopic (exact) mass is 309 g/mol. The summed E-state index contributed by atoms with van der Waals surface area (Å²) in [6, 6.07) is 0. The van der Waals surface area contributed by atoms with Crippen molar-refractivity contribution in [1.82, 2.24) is 15.3 Å². The average Bonchev–Trinajstić information content (AvgIpc) is 2.49. The van der Waals surface area contributed by atoms with Gasteiger partial charge in [0.25, 0.3) is 0 Å². The Balaban J connectivity index is 1.82. The Morgan fingerprint density at radius 3 is 2.95 bits per heavy atom. The quantitative estimate of drug-likeness (QED) is 0.929. The highest BCUT2D eigenvalue weighted by Gasteiger charge is 2.25. The molecule has 0 saturated carbocycles. The lowest BCUT2D eigenvalue weighted by Crippen LogP contribution is -2.27. The lowest BCUT2D eigenvalue weighted by Gasteiger charge is -2.27. The van der Waals surface area contributed by atoms with E-state index < -0.39 is 0 Å². The molecule has 0 bridgehead atoms. The Kier molecular flexibility index (Phi) is 4.89. The van der Waals surface area contributed by atoms with Crippen LogP contribution in [0.3, 0.4) is 0 Å². The first-order valence-corrected chi connectivity index (χ1v) is 9.68. The molecule has 20 heavy (non-hydrogen) atoms. The van der Waals surface area contributed by atoms with E-state index in [1.807, 2.05) is 30.6 Å². The highest BCUT2D eigenvalue weighted by Crippen LogP contribution is 2.36. The van der Waals surface area contributed by atoms with Crippen LogP contribution in [0.15, 0.2) is 0 Å². The van der Waals surface area contributed by atoms with Gasteiger partial charge >= 0.3 is 0 Å². The van der Waals surface area contributed by atoms with Crippen molar-refractivity contribution in [3.8, 4) is 0 Å². The normalized spacial score (nSPS) is 26.3. The lowest BCUT2D eigenvalue weighted by atomic mass is 9.86. The summed E-state index contributed by atoms with van der Waals surface area (Å²) >= 11 is 4.07. The predicted molar refractivity (Wildman–Crippen MR) is 88.7 cm³/mol. The molecule has 0 aromatic carbocycles. The molecule has 2 unspecified atom stereocenters. The fourth-order valence-corrected chi connectivity index (χ4v) is 5.73. The zero-order valence-corrected chi connectivity index (χ0v) is 13.9. The Labute approximate surface area is 130 Å². The number of aromatic nitrogens is 2. The van der Waals surface area contributed by atoms with Gasteiger partial charge in [0.1, 0.15) is 5.82 Å². The largest absolute Gasteiger partial charge is 0.319 e. The highest BCUT2D eigenvalue weighted by molar-refractivity contribution is 8.06. The summed E-state index contributed by atoms with van der Waals surface area (Å²) in [5, 5.41) is 3.81. The molecule has 1 aromatic rings. The average molecular weight is 310 g/mol. The summed E-state index contributed by atoms with van der Waals surface area (Å²) in [5.41, 5.74) is 3.98. The topological polar surface area (TPSA) is 37.8 Å². The van der Waals surface area contributed by atoms with Crippen LogP contribution in [0.4, 0.5) is 0 Å². The van der Waals surface area contributed by atoms with Crippen LogP contribution in [0.25, 0.3) is 0 Å². The van der Waals surface area contributed by atoms with Crippen molar-refractivity contribution < 1.29 is 0 Å². The number of rotatable bonds is 3. The number of nitrogens with one attached hydrogen (secondary N) is 1. The fraction of sp³-hybridized carbons (Fsp3) is 0.733. The molecule has 2 atom stereocenters. The lowest BCUT2D eigenvalue weighted by molar-refractivity contribution is 0.431. The number of aryl methyl sites for hydroxylation is 2. The van der Waals surface area contributed by atoms with Crippen molar-refractivity contribution in [3.05, 3.63) is 22.8 Å². The van der Waals surface area contributed by atoms with Crippen LogP contribution in [0.1, 0.15) is 34.4 Å². The van der Waals surface area contributed by atoms with Gasteiger partial charge in [-0.3, -0.25) is 0 Å². The molecular weight excluding hydrogens is 286 g/mol.